The molecule has 0 saturated heterocycles. The van der Waals surface area contributed by atoms with Crippen molar-refractivity contribution in [2.45, 2.75) is 20.3 Å². The van der Waals surface area contributed by atoms with Gasteiger partial charge >= 0.3 is 0 Å². The molecule has 0 amide bonds. The van der Waals surface area contributed by atoms with Crippen LogP contribution < -0.4 is 5.32 Å². The molecule has 3 heteroatoms. The lowest BCUT2D eigenvalue weighted by molar-refractivity contribution is 0.975. The van der Waals surface area contributed by atoms with Gasteiger partial charge in [-0.05, 0) is 31.0 Å². The Labute approximate surface area is 95.6 Å². The van der Waals surface area contributed by atoms with Gasteiger partial charge in [0, 0.05) is 17.6 Å². The zero-order valence-corrected chi connectivity index (χ0v) is 9.57. The molecule has 0 spiro atoms. The molecule has 1 heterocycles. The van der Waals surface area contributed by atoms with Crippen LogP contribution in [-0.4, -0.2) is 9.97 Å². The maximum absolute atomic E-state index is 4.46. The molecule has 2 rings (SSSR count). The molecule has 0 aliphatic carbocycles. The van der Waals surface area contributed by atoms with Crippen LogP contribution in [0.3, 0.4) is 0 Å². The monoisotopic (exact) mass is 213 g/mol. The van der Waals surface area contributed by atoms with Crippen LogP contribution in [0.2, 0.25) is 0 Å². The fourth-order valence-corrected chi connectivity index (χ4v) is 1.55. The second-order valence-electron chi connectivity index (χ2n) is 3.67. The van der Waals surface area contributed by atoms with Crippen molar-refractivity contribution >= 4 is 11.6 Å². The number of para-hydroxylation sites is 1. The predicted molar refractivity (Wildman–Crippen MR) is 65.9 cm³/mol. The number of hydrogen-bond acceptors (Lipinski definition) is 3. The molecule has 0 unspecified atom stereocenters. The average molecular weight is 213 g/mol. The van der Waals surface area contributed by atoms with Crippen molar-refractivity contribution in [2.24, 2.45) is 0 Å². The van der Waals surface area contributed by atoms with Crippen molar-refractivity contribution in [3.8, 4) is 0 Å². The number of nitrogens with one attached hydrogen (secondary N) is 1. The van der Waals surface area contributed by atoms with Crippen molar-refractivity contribution < 1.29 is 0 Å². The zero-order valence-electron chi connectivity index (χ0n) is 9.57. The van der Waals surface area contributed by atoms with Crippen LogP contribution in [0.15, 0.2) is 36.5 Å². The molecule has 0 fully saturated rings. The third-order valence-electron chi connectivity index (χ3n) is 2.44. The predicted octanol–water partition coefficient (Wildman–Crippen LogP) is 3.09. The van der Waals surface area contributed by atoms with E-state index in [2.05, 4.69) is 22.2 Å². The first kappa shape index (κ1) is 10.6. The van der Waals surface area contributed by atoms with Crippen LogP contribution in [-0.2, 0) is 6.42 Å². The topological polar surface area (TPSA) is 37.8 Å². The van der Waals surface area contributed by atoms with Crippen LogP contribution in [0.5, 0.6) is 0 Å². The lowest BCUT2D eigenvalue weighted by Gasteiger charge is -2.07. The Morgan fingerprint density at radius 2 is 1.94 bits per heavy atom. The third kappa shape index (κ3) is 2.37. The summed E-state index contributed by atoms with van der Waals surface area (Å²) in [6, 6.07) is 9.94. The lowest BCUT2D eigenvalue weighted by atomic mass is 10.2. The normalized spacial score (nSPS) is 10.1. The summed E-state index contributed by atoms with van der Waals surface area (Å²) < 4.78 is 0. The molecule has 1 aromatic heterocycles. The van der Waals surface area contributed by atoms with E-state index in [9.17, 15) is 0 Å². The van der Waals surface area contributed by atoms with Gasteiger partial charge in [-0.3, -0.25) is 0 Å². The summed E-state index contributed by atoms with van der Waals surface area (Å²) in [5.41, 5.74) is 3.24. The van der Waals surface area contributed by atoms with Crippen molar-refractivity contribution in [2.75, 3.05) is 5.32 Å². The number of aromatic nitrogens is 2. The van der Waals surface area contributed by atoms with Crippen LogP contribution in [0.4, 0.5) is 11.6 Å². The highest BCUT2D eigenvalue weighted by Gasteiger charge is 2.01. The molecule has 0 aliphatic heterocycles. The molecule has 0 radical (unpaired) electrons. The summed E-state index contributed by atoms with van der Waals surface area (Å²) in [5.74, 6) is 0.661. The number of rotatable bonds is 3. The molecular weight excluding hydrogens is 198 g/mol. The molecule has 1 N–H and O–H groups in total. The third-order valence-corrected chi connectivity index (χ3v) is 2.44. The Morgan fingerprint density at radius 3 is 2.62 bits per heavy atom. The van der Waals surface area contributed by atoms with E-state index in [4.69, 9.17) is 0 Å². The largest absolute Gasteiger partial charge is 0.324 e. The Balaban J connectivity index is 2.22. The van der Waals surface area contributed by atoms with E-state index < -0.39 is 0 Å². The van der Waals surface area contributed by atoms with Gasteiger partial charge in [0.25, 0.3) is 0 Å². The number of hydrogen-bond donors (Lipinski definition) is 1. The van der Waals surface area contributed by atoms with Gasteiger partial charge in [-0.25, -0.2) is 9.97 Å². The first-order valence-corrected chi connectivity index (χ1v) is 5.44. The smallest absolute Gasteiger partial charge is 0.227 e. The maximum atomic E-state index is 4.46. The van der Waals surface area contributed by atoms with E-state index in [1.165, 1.54) is 0 Å². The molecule has 2 aromatic rings. The first-order chi connectivity index (χ1) is 7.79. The molecule has 0 aliphatic rings. The summed E-state index contributed by atoms with van der Waals surface area (Å²) in [5, 5.41) is 3.18. The van der Waals surface area contributed by atoms with E-state index in [1.54, 1.807) is 0 Å². The van der Waals surface area contributed by atoms with Gasteiger partial charge in [0.05, 0.1) is 0 Å². The highest BCUT2D eigenvalue weighted by atomic mass is 15.1. The summed E-state index contributed by atoms with van der Waals surface area (Å²) in [6.07, 6.45) is 2.79. The molecule has 0 bridgehead atoms. The second kappa shape index (κ2) is 4.75. The number of aryl methyl sites for hydroxylation is 2. The Bertz CT molecular complexity index is 466. The number of nitrogens with zero attached hydrogens (tertiary/aromatic N) is 2. The van der Waals surface area contributed by atoms with Gasteiger partial charge in [-0.1, -0.05) is 25.1 Å². The number of benzene rings is 1. The minimum Gasteiger partial charge on any atom is -0.324 e. The summed E-state index contributed by atoms with van der Waals surface area (Å²) >= 11 is 0. The molecule has 1 aromatic carbocycles. The Hall–Kier alpha value is -1.90. The standard InChI is InChI=1S/C13H15N3/c1-3-12-10(2)9-14-13(16-12)15-11-7-5-4-6-8-11/h4-9H,3H2,1-2H3,(H,14,15,16). The van der Waals surface area contributed by atoms with E-state index >= 15 is 0 Å². The van der Waals surface area contributed by atoms with Crippen LogP contribution in [0.25, 0.3) is 0 Å². The SMILES string of the molecule is CCc1nc(Nc2ccccc2)ncc1C. The minimum absolute atomic E-state index is 0.661. The van der Waals surface area contributed by atoms with Gasteiger partial charge in [-0.15, -0.1) is 0 Å². The van der Waals surface area contributed by atoms with Gasteiger partial charge in [0.15, 0.2) is 0 Å². The Kier molecular flexibility index (Phi) is 3.15. The Morgan fingerprint density at radius 1 is 1.19 bits per heavy atom. The van der Waals surface area contributed by atoms with Crippen molar-refractivity contribution in [3.05, 3.63) is 47.8 Å². The van der Waals surface area contributed by atoms with Crippen molar-refractivity contribution in [1.29, 1.82) is 0 Å². The van der Waals surface area contributed by atoms with Crippen molar-refractivity contribution in [3.63, 3.8) is 0 Å². The molecular formula is C13H15N3. The van der Waals surface area contributed by atoms with Gasteiger partial charge in [0.1, 0.15) is 0 Å². The molecule has 82 valence electrons. The minimum atomic E-state index is 0.661. The van der Waals surface area contributed by atoms with Gasteiger partial charge < -0.3 is 5.32 Å². The zero-order chi connectivity index (χ0) is 11.4. The van der Waals surface area contributed by atoms with Gasteiger partial charge in [0.2, 0.25) is 5.95 Å². The average Bonchev–Trinajstić information content (AvgIpc) is 2.33. The first-order valence-electron chi connectivity index (χ1n) is 5.44. The van der Waals surface area contributed by atoms with Crippen LogP contribution >= 0.6 is 0 Å². The van der Waals surface area contributed by atoms with E-state index in [0.29, 0.717) is 5.95 Å². The van der Waals surface area contributed by atoms with Gasteiger partial charge in [-0.2, -0.15) is 0 Å². The molecule has 0 saturated carbocycles. The van der Waals surface area contributed by atoms with Crippen LogP contribution in [0.1, 0.15) is 18.2 Å². The lowest BCUT2D eigenvalue weighted by Crippen LogP contribution is -2.01. The van der Waals surface area contributed by atoms with Crippen LogP contribution in [0, 0.1) is 6.92 Å². The highest BCUT2D eigenvalue weighted by molar-refractivity contribution is 5.52. The fourth-order valence-electron chi connectivity index (χ4n) is 1.55. The van der Waals surface area contributed by atoms with E-state index in [0.717, 1.165) is 23.4 Å². The molecule has 3 nitrogen and oxygen atoms in total. The number of anilines is 2. The van der Waals surface area contributed by atoms with E-state index in [-0.39, 0.29) is 0 Å². The quantitative estimate of drug-likeness (QED) is 0.851. The highest BCUT2D eigenvalue weighted by Crippen LogP contribution is 2.13. The second-order valence-corrected chi connectivity index (χ2v) is 3.67. The fraction of sp³-hybridized carbons (Fsp3) is 0.231. The maximum Gasteiger partial charge on any atom is 0.227 e. The molecule has 0 atom stereocenters. The summed E-state index contributed by atoms with van der Waals surface area (Å²) in [6.45, 7) is 4.13. The summed E-state index contributed by atoms with van der Waals surface area (Å²) in [4.78, 5) is 8.72. The van der Waals surface area contributed by atoms with Crippen molar-refractivity contribution in [1.82, 2.24) is 9.97 Å². The van der Waals surface area contributed by atoms with E-state index in [1.807, 2.05) is 43.5 Å². The summed E-state index contributed by atoms with van der Waals surface area (Å²) in [7, 11) is 0. The molecule has 16 heavy (non-hydrogen) atoms.